The molecule has 4 nitrogen and oxygen atoms in total. The van der Waals surface area contributed by atoms with Crippen LogP contribution < -0.4 is 11.4 Å². The first-order valence-electron chi connectivity index (χ1n) is 4.75. The molecule has 0 atom stereocenters. The quantitative estimate of drug-likeness (QED) is 0.507. The highest BCUT2D eigenvalue weighted by Crippen LogP contribution is 2.24. The molecule has 0 saturated heterocycles. The first-order chi connectivity index (χ1) is 8.06. The summed E-state index contributed by atoms with van der Waals surface area (Å²) < 4.78 is 5.96. The Labute approximate surface area is 110 Å². The molecule has 88 valence electrons. The van der Waals surface area contributed by atoms with Gasteiger partial charge in [0.2, 0.25) is 0 Å². The van der Waals surface area contributed by atoms with Crippen LogP contribution in [-0.2, 0) is 5.75 Å². The van der Waals surface area contributed by atoms with Crippen LogP contribution >= 0.6 is 27.7 Å². The minimum absolute atomic E-state index is 0.0310. The Hall–Kier alpha value is -1.27. The summed E-state index contributed by atoms with van der Waals surface area (Å²) in [4.78, 5) is 11.4. The van der Waals surface area contributed by atoms with Crippen molar-refractivity contribution in [3.63, 3.8) is 0 Å². The van der Waals surface area contributed by atoms with E-state index < -0.39 is 5.63 Å². The van der Waals surface area contributed by atoms with E-state index in [0.29, 0.717) is 11.3 Å². The van der Waals surface area contributed by atoms with E-state index in [2.05, 4.69) is 15.9 Å². The van der Waals surface area contributed by atoms with Gasteiger partial charge in [-0.15, -0.1) is 0 Å². The van der Waals surface area contributed by atoms with E-state index in [0.717, 1.165) is 15.4 Å². The van der Waals surface area contributed by atoms with E-state index in [1.807, 2.05) is 12.1 Å². The zero-order valence-corrected chi connectivity index (χ0v) is 11.1. The summed E-state index contributed by atoms with van der Waals surface area (Å²) >= 11 is 4.50. The second-order valence-electron chi connectivity index (χ2n) is 3.38. The van der Waals surface area contributed by atoms with E-state index in [9.17, 15) is 4.79 Å². The predicted molar refractivity (Wildman–Crippen MR) is 73.4 cm³/mol. The minimum Gasteiger partial charge on any atom is -0.423 e. The van der Waals surface area contributed by atoms with Crippen molar-refractivity contribution in [2.45, 2.75) is 5.75 Å². The van der Waals surface area contributed by atoms with Crippen molar-refractivity contribution in [3.8, 4) is 0 Å². The molecule has 0 saturated carbocycles. The Kier molecular flexibility index (Phi) is 3.54. The SMILES string of the molecule is N=C(N)SCc1cc(=O)oc2cc(Br)ccc12. The summed E-state index contributed by atoms with van der Waals surface area (Å²) in [6, 6.07) is 6.94. The lowest BCUT2D eigenvalue weighted by Crippen LogP contribution is -2.05. The molecule has 17 heavy (non-hydrogen) atoms. The first kappa shape index (κ1) is 12.2. The van der Waals surface area contributed by atoms with Crippen LogP contribution in [0.3, 0.4) is 0 Å². The largest absolute Gasteiger partial charge is 0.423 e. The predicted octanol–water partition coefficient (Wildman–Crippen LogP) is 2.68. The average Bonchev–Trinajstić information content (AvgIpc) is 2.24. The zero-order valence-electron chi connectivity index (χ0n) is 8.70. The second-order valence-corrected chi connectivity index (χ2v) is 5.32. The van der Waals surface area contributed by atoms with Crippen LogP contribution in [0.4, 0.5) is 0 Å². The lowest BCUT2D eigenvalue weighted by atomic mass is 10.1. The number of hydrogen-bond donors (Lipinski definition) is 2. The van der Waals surface area contributed by atoms with Gasteiger partial charge in [0.15, 0.2) is 5.17 Å². The van der Waals surface area contributed by atoms with Gasteiger partial charge < -0.3 is 10.2 Å². The number of rotatable bonds is 2. The lowest BCUT2D eigenvalue weighted by Gasteiger charge is -2.04. The van der Waals surface area contributed by atoms with Gasteiger partial charge >= 0.3 is 5.63 Å². The number of benzene rings is 1. The van der Waals surface area contributed by atoms with E-state index in [4.69, 9.17) is 15.6 Å². The van der Waals surface area contributed by atoms with Crippen molar-refractivity contribution in [1.82, 2.24) is 0 Å². The zero-order chi connectivity index (χ0) is 12.4. The Morgan fingerprint density at radius 1 is 1.47 bits per heavy atom. The van der Waals surface area contributed by atoms with Crippen molar-refractivity contribution >= 4 is 43.8 Å². The Morgan fingerprint density at radius 2 is 2.24 bits per heavy atom. The van der Waals surface area contributed by atoms with Crippen LogP contribution in [0.25, 0.3) is 11.0 Å². The smallest absolute Gasteiger partial charge is 0.336 e. The maximum absolute atomic E-state index is 11.4. The fourth-order valence-electron chi connectivity index (χ4n) is 1.48. The van der Waals surface area contributed by atoms with E-state index >= 15 is 0 Å². The molecular weight excluding hydrogens is 304 g/mol. The molecule has 0 unspecified atom stereocenters. The van der Waals surface area contributed by atoms with Crippen LogP contribution in [-0.4, -0.2) is 5.17 Å². The van der Waals surface area contributed by atoms with Gasteiger partial charge in [0.25, 0.3) is 0 Å². The maximum Gasteiger partial charge on any atom is 0.336 e. The third kappa shape index (κ3) is 2.89. The van der Waals surface area contributed by atoms with Gasteiger partial charge in [0, 0.05) is 21.7 Å². The molecule has 1 heterocycles. The first-order valence-corrected chi connectivity index (χ1v) is 6.53. The molecule has 6 heteroatoms. The summed E-state index contributed by atoms with van der Waals surface area (Å²) in [6.45, 7) is 0. The van der Waals surface area contributed by atoms with Crippen molar-refractivity contribution in [3.05, 3.63) is 44.7 Å². The number of thioether (sulfide) groups is 1. The van der Waals surface area contributed by atoms with Gasteiger partial charge in [-0.2, -0.15) is 0 Å². The van der Waals surface area contributed by atoms with Crippen molar-refractivity contribution in [2.75, 3.05) is 0 Å². The Balaban J connectivity index is 2.53. The lowest BCUT2D eigenvalue weighted by molar-refractivity contribution is 0.559. The summed E-state index contributed by atoms with van der Waals surface area (Å²) in [5, 5.41) is 8.06. The molecule has 0 fully saturated rings. The molecule has 3 N–H and O–H groups in total. The highest BCUT2D eigenvalue weighted by Gasteiger charge is 2.06. The Morgan fingerprint density at radius 3 is 2.94 bits per heavy atom. The third-order valence-corrected chi connectivity index (χ3v) is 3.44. The van der Waals surface area contributed by atoms with Crippen LogP contribution in [0.15, 0.2) is 37.9 Å². The number of amidine groups is 1. The Bertz CT molecular complexity index is 639. The van der Waals surface area contributed by atoms with Crippen LogP contribution in [0.2, 0.25) is 0 Å². The fourth-order valence-corrected chi connectivity index (χ4v) is 2.37. The minimum atomic E-state index is -0.394. The summed E-state index contributed by atoms with van der Waals surface area (Å²) in [5.74, 6) is 0.485. The highest BCUT2D eigenvalue weighted by atomic mass is 79.9. The number of hydrogen-bond acceptors (Lipinski definition) is 4. The monoisotopic (exact) mass is 312 g/mol. The van der Waals surface area contributed by atoms with Crippen molar-refractivity contribution < 1.29 is 4.42 Å². The number of fused-ring (bicyclic) bond motifs is 1. The van der Waals surface area contributed by atoms with E-state index in [-0.39, 0.29) is 5.17 Å². The molecule has 2 aromatic rings. The molecule has 2 rings (SSSR count). The molecule has 0 aliphatic rings. The number of nitrogens with two attached hydrogens (primary N) is 1. The second kappa shape index (κ2) is 4.93. The standard InChI is InChI=1S/C11H9BrN2O2S/c12-7-1-2-8-6(5-17-11(13)14)3-10(15)16-9(8)4-7/h1-4H,5H2,(H3,13,14). The maximum atomic E-state index is 11.4. The van der Waals surface area contributed by atoms with Crippen LogP contribution in [0.5, 0.6) is 0 Å². The topological polar surface area (TPSA) is 80.1 Å². The van der Waals surface area contributed by atoms with Gasteiger partial charge in [0.1, 0.15) is 5.58 Å². The van der Waals surface area contributed by atoms with E-state index in [1.54, 1.807) is 6.07 Å². The molecular formula is C11H9BrN2O2S. The molecule has 0 aliphatic carbocycles. The third-order valence-electron chi connectivity index (χ3n) is 2.18. The van der Waals surface area contributed by atoms with Crippen LogP contribution in [0, 0.1) is 5.41 Å². The highest BCUT2D eigenvalue weighted by molar-refractivity contribution is 9.10. The van der Waals surface area contributed by atoms with Gasteiger partial charge in [-0.3, -0.25) is 5.41 Å². The molecule has 1 aromatic heterocycles. The summed E-state index contributed by atoms with van der Waals surface area (Å²) in [7, 11) is 0. The molecule has 0 bridgehead atoms. The molecule has 0 radical (unpaired) electrons. The van der Waals surface area contributed by atoms with Gasteiger partial charge in [0.05, 0.1) is 0 Å². The van der Waals surface area contributed by atoms with Gasteiger partial charge in [-0.25, -0.2) is 4.79 Å². The molecule has 1 aromatic carbocycles. The van der Waals surface area contributed by atoms with Crippen molar-refractivity contribution in [2.24, 2.45) is 5.73 Å². The molecule has 0 amide bonds. The summed E-state index contributed by atoms with van der Waals surface area (Å²) in [5.41, 5.74) is 6.25. The summed E-state index contributed by atoms with van der Waals surface area (Å²) in [6.07, 6.45) is 0. The molecule has 0 aliphatic heterocycles. The number of nitrogens with one attached hydrogen (secondary N) is 1. The fraction of sp³-hybridized carbons (Fsp3) is 0.0909. The van der Waals surface area contributed by atoms with Gasteiger partial charge in [-0.05, 0) is 23.8 Å². The van der Waals surface area contributed by atoms with Crippen LogP contribution in [0.1, 0.15) is 5.56 Å². The van der Waals surface area contributed by atoms with Crippen molar-refractivity contribution in [1.29, 1.82) is 5.41 Å². The van der Waals surface area contributed by atoms with E-state index in [1.165, 1.54) is 17.8 Å². The number of halogens is 1. The average molecular weight is 313 g/mol. The van der Waals surface area contributed by atoms with Gasteiger partial charge in [-0.1, -0.05) is 27.7 Å². The normalized spacial score (nSPS) is 10.6. The molecule has 0 spiro atoms.